The molecule has 120 valence electrons. The van der Waals surface area contributed by atoms with Crippen LogP contribution >= 0.6 is 0 Å². The molecule has 0 aromatic carbocycles. The predicted molar refractivity (Wildman–Crippen MR) is 84.5 cm³/mol. The summed E-state index contributed by atoms with van der Waals surface area (Å²) in [4.78, 5) is 2.24. The quantitative estimate of drug-likeness (QED) is 0.683. The minimum absolute atomic E-state index is 0.140. The Morgan fingerprint density at radius 3 is 2.60 bits per heavy atom. The van der Waals surface area contributed by atoms with Gasteiger partial charge in [-0.15, -0.1) is 0 Å². The fourth-order valence-corrected chi connectivity index (χ4v) is 4.63. The van der Waals surface area contributed by atoms with E-state index in [1.54, 1.807) is 4.31 Å². The molecule has 6 heteroatoms. The summed E-state index contributed by atoms with van der Waals surface area (Å²) in [6, 6.07) is 0.140. The first-order chi connectivity index (χ1) is 9.51. The maximum Gasteiger partial charge on any atom is 0.214 e. The Kier molecular flexibility index (Phi) is 8.02. The maximum absolute atomic E-state index is 12.5. The van der Waals surface area contributed by atoms with Crippen molar-refractivity contribution >= 4 is 10.0 Å². The van der Waals surface area contributed by atoms with Gasteiger partial charge in [-0.1, -0.05) is 13.8 Å². The normalized spacial score (nSPS) is 22.9. The molecule has 0 aromatic heterocycles. The van der Waals surface area contributed by atoms with Crippen LogP contribution in [0.1, 0.15) is 39.5 Å². The molecule has 1 unspecified atom stereocenters. The molecule has 5 nitrogen and oxygen atoms in total. The van der Waals surface area contributed by atoms with Crippen LogP contribution in [0.5, 0.6) is 0 Å². The first-order valence-corrected chi connectivity index (χ1v) is 9.51. The Hall–Kier alpha value is -0.170. The van der Waals surface area contributed by atoms with E-state index in [-0.39, 0.29) is 6.04 Å². The average molecular weight is 305 g/mol. The van der Waals surface area contributed by atoms with Gasteiger partial charge in [-0.3, -0.25) is 0 Å². The van der Waals surface area contributed by atoms with Crippen molar-refractivity contribution in [3.05, 3.63) is 0 Å². The van der Waals surface area contributed by atoms with Crippen molar-refractivity contribution in [3.63, 3.8) is 0 Å². The summed E-state index contributed by atoms with van der Waals surface area (Å²) in [5.74, 6) is 0.290. The van der Waals surface area contributed by atoms with E-state index in [0.29, 0.717) is 12.3 Å². The minimum atomic E-state index is -3.10. The number of unbranched alkanes of at least 4 members (excludes halogenated alkanes) is 1. The highest BCUT2D eigenvalue weighted by Gasteiger charge is 2.30. The van der Waals surface area contributed by atoms with Gasteiger partial charge in [-0.2, -0.15) is 4.31 Å². The van der Waals surface area contributed by atoms with Crippen LogP contribution < -0.4 is 5.32 Å². The number of nitrogens with zero attached hydrogens (tertiary/aromatic N) is 2. The van der Waals surface area contributed by atoms with Crippen molar-refractivity contribution < 1.29 is 8.42 Å². The number of hydrogen-bond acceptors (Lipinski definition) is 4. The molecule has 0 aromatic rings. The second kappa shape index (κ2) is 8.97. The Balaban J connectivity index is 2.54. The van der Waals surface area contributed by atoms with Crippen LogP contribution in [-0.4, -0.2) is 69.2 Å². The number of nitrogens with one attached hydrogen (secondary N) is 1. The van der Waals surface area contributed by atoms with E-state index in [1.807, 2.05) is 0 Å². The van der Waals surface area contributed by atoms with Gasteiger partial charge < -0.3 is 10.2 Å². The molecule has 0 radical (unpaired) electrons. The fourth-order valence-electron chi connectivity index (χ4n) is 2.75. The van der Waals surface area contributed by atoms with Gasteiger partial charge in [-0.05, 0) is 52.4 Å². The molecular formula is C14H31N3O2S. The molecule has 0 saturated carbocycles. The minimum Gasteiger partial charge on any atom is -0.317 e. The second-order valence-electron chi connectivity index (χ2n) is 5.67. The van der Waals surface area contributed by atoms with Crippen molar-refractivity contribution in [1.29, 1.82) is 0 Å². The lowest BCUT2D eigenvalue weighted by molar-refractivity contribution is 0.270. The lowest BCUT2D eigenvalue weighted by Crippen LogP contribution is -2.44. The van der Waals surface area contributed by atoms with Crippen LogP contribution in [-0.2, 0) is 10.0 Å². The highest BCUT2D eigenvalue weighted by atomic mass is 32.2. The van der Waals surface area contributed by atoms with Crippen LogP contribution in [0.3, 0.4) is 0 Å². The van der Waals surface area contributed by atoms with Gasteiger partial charge >= 0.3 is 0 Å². The summed E-state index contributed by atoms with van der Waals surface area (Å²) in [7, 11) is -1.02. The number of sulfonamides is 1. The first-order valence-electron chi connectivity index (χ1n) is 7.90. The largest absolute Gasteiger partial charge is 0.317 e. The molecular weight excluding hydrogens is 274 g/mol. The lowest BCUT2D eigenvalue weighted by atomic mass is 10.2. The third kappa shape index (κ3) is 5.68. The van der Waals surface area contributed by atoms with Gasteiger partial charge in [-0.25, -0.2) is 8.42 Å². The Labute approximate surface area is 124 Å². The van der Waals surface area contributed by atoms with Crippen molar-refractivity contribution in [3.8, 4) is 0 Å². The monoisotopic (exact) mass is 305 g/mol. The highest BCUT2D eigenvalue weighted by Crippen LogP contribution is 2.17. The van der Waals surface area contributed by atoms with Gasteiger partial charge in [0.1, 0.15) is 0 Å². The molecule has 0 spiro atoms. The third-order valence-corrected chi connectivity index (χ3v) is 5.93. The average Bonchev–Trinajstić information content (AvgIpc) is 2.60. The van der Waals surface area contributed by atoms with Crippen LogP contribution in [0.4, 0.5) is 0 Å². The molecule has 0 amide bonds. The summed E-state index contributed by atoms with van der Waals surface area (Å²) in [5.41, 5.74) is 0. The predicted octanol–water partition coefficient (Wildman–Crippen LogP) is 1.12. The molecule has 1 aliphatic rings. The maximum atomic E-state index is 12.5. The van der Waals surface area contributed by atoms with Crippen LogP contribution in [0.2, 0.25) is 0 Å². The van der Waals surface area contributed by atoms with Crippen LogP contribution in [0, 0.1) is 0 Å². The standard InChI is InChI=1S/C14H31N3O2S/c1-4-14-13-16(3)10-8-11-17(14)20(18,19)12-7-6-9-15-5-2/h14-15H,4-13H2,1-3H3. The van der Waals surface area contributed by atoms with E-state index in [0.717, 1.165) is 51.9 Å². The van der Waals surface area contributed by atoms with E-state index in [2.05, 4.69) is 31.1 Å². The fraction of sp³-hybridized carbons (Fsp3) is 1.00. The van der Waals surface area contributed by atoms with Crippen LogP contribution in [0.25, 0.3) is 0 Å². The van der Waals surface area contributed by atoms with Gasteiger partial charge in [0.05, 0.1) is 5.75 Å². The summed E-state index contributed by atoms with van der Waals surface area (Å²) < 4.78 is 26.8. The zero-order chi connectivity index (χ0) is 15.0. The van der Waals surface area contributed by atoms with Crippen molar-refractivity contribution in [2.24, 2.45) is 0 Å². The molecule has 1 heterocycles. The Morgan fingerprint density at radius 1 is 1.20 bits per heavy atom. The highest BCUT2D eigenvalue weighted by molar-refractivity contribution is 7.89. The Morgan fingerprint density at radius 2 is 1.95 bits per heavy atom. The molecule has 0 bridgehead atoms. The summed E-state index contributed by atoms with van der Waals surface area (Å²) >= 11 is 0. The van der Waals surface area contributed by atoms with Crippen LogP contribution in [0.15, 0.2) is 0 Å². The molecule has 1 fully saturated rings. The molecule has 1 aliphatic heterocycles. The van der Waals surface area contributed by atoms with E-state index in [4.69, 9.17) is 0 Å². The van der Waals surface area contributed by atoms with E-state index < -0.39 is 10.0 Å². The number of rotatable bonds is 8. The topological polar surface area (TPSA) is 52.7 Å². The summed E-state index contributed by atoms with van der Waals surface area (Å²) in [6.45, 7) is 8.53. The molecule has 0 aliphatic carbocycles. The van der Waals surface area contributed by atoms with E-state index in [9.17, 15) is 8.42 Å². The van der Waals surface area contributed by atoms with Gasteiger partial charge in [0, 0.05) is 19.1 Å². The molecule has 20 heavy (non-hydrogen) atoms. The van der Waals surface area contributed by atoms with Gasteiger partial charge in [0.15, 0.2) is 0 Å². The molecule has 1 N–H and O–H groups in total. The Bertz CT molecular complexity index is 359. The summed E-state index contributed by atoms with van der Waals surface area (Å²) in [5, 5.41) is 3.23. The van der Waals surface area contributed by atoms with Gasteiger partial charge in [0.2, 0.25) is 10.0 Å². The first kappa shape index (κ1) is 17.9. The zero-order valence-corrected chi connectivity index (χ0v) is 14.1. The second-order valence-corrected chi connectivity index (χ2v) is 7.71. The van der Waals surface area contributed by atoms with E-state index in [1.165, 1.54) is 0 Å². The van der Waals surface area contributed by atoms with Crippen molar-refractivity contribution in [1.82, 2.24) is 14.5 Å². The summed E-state index contributed by atoms with van der Waals surface area (Å²) in [6.07, 6.45) is 3.50. The smallest absolute Gasteiger partial charge is 0.214 e. The zero-order valence-electron chi connectivity index (χ0n) is 13.3. The third-order valence-electron chi connectivity index (χ3n) is 3.93. The number of hydrogen-bond donors (Lipinski definition) is 1. The van der Waals surface area contributed by atoms with Gasteiger partial charge in [0.25, 0.3) is 0 Å². The number of likely N-dealkylation sites (N-methyl/N-ethyl adjacent to an activating group) is 1. The lowest BCUT2D eigenvalue weighted by Gasteiger charge is -2.29. The SMILES string of the molecule is CCNCCCCS(=O)(=O)N1CCCN(C)CC1CC. The molecule has 1 rings (SSSR count). The molecule has 1 atom stereocenters. The van der Waals surface area contributed by atoms with Crippen molar-refractivity contribution in [2.45, 2.75) is 45.6 Å². The van der Waals surface area contributed by atoms with E-state index >= 15 is 0 Å². The molecule has 1 saturated heterocycles. The van der Waals surface area contributed by atoms with Crippen molar-refractivity contribution in [2.75, 3.05) is 45.5 Å².